The van der Waals surface area contributed by atoms with Crippen molar-refractivity contribution in [2.45, 2.75) is 19.4 Å². The molecule has 0 aliphatic rings. The highest BCUT2D eigenvalue weighted by atomic mass is 19.1. The summed E-state index contributed by atoms with van der Waals surface area (Å²) in [5.41, 5.74) is 7.77. The van der Waals surface area contributed by atoms with E-state index in [1.54, 1.807) is 48.3 Å². The van der Waals surface area contributed by atoms with Gasteiger partial charge in [-0.1, -0.05) is 19.1 Å². The molecule has 0 spiro atoms. The van der Waals surface area contributed by atoms with E-state index in [2.05, 4.69) is 0 Å². The largest absolute Gasteiger partial charge is 0.399 e. The normalized spacial score (nSPS) is 12.0. The number of carbonyl (C=O) groups is 1. The van der Waals surface area contributed by atoms with Crippen LogP contribution >= 0.6 is 0 Å². The van der Waals surface area contributed by atoms with Gasteiger partial charge in [0.1, 0.15) is 5.82 Å². The number of hydrogen-bond donors (Lipinski definition) is 1. The molecule has 4 heteroatoms. The van der Waals surface area contributed by atoms with Crippen LogP contribution in [-0.4, -0.2) is 17.9 Å². The number of benzene rings is 2. The number of hydrogen-bond acceptors (Lipinski definition) is 2. The van der Waals surface area contributed by atoms with E-state index in [1.807, 2.05) is 6.92 Å². The minimum absolute atomic E-state index is 0.0776. The van der Waals surface area contributed by atoms with Gasteiger partial charge in [0.05, 0.1) is 6.04 Å². The topological polar surface area (TPSA) is 46.3 Å². The molecule has 0 aromatic heterocycles. The third-order valence-electron chi connectivity index (χ3n) is 3.59. The van der Waals surface area contributed by atoms with Gasteiger partial charge in [0.25, 0.3) is 5.91 Å². The summed E-state index contributed by atoms with van der Waals surface area (Å²) in [5.74, 6) is -0.354. The van der Waals surface area contributed by atoms with Crippen molar-refractivity contribution in [3.8, 4) is 0 Å². The lowest BCUT2D eigenvalue weighted by Gasteiger charge is -2.28. The first-order valence-corrected chi connectivity index (χ1v) is 6.91. The zero-order valence-electron chi connectivity index (χ0n) is 12.2. The maximum absolute atomic E-state index is 13.0. The van der Waals surface area contributed by atoms with Gasteiger partial charge in [-0.25, -0.2) is 4.39 Å². The molecule has 0 bridgehead atoms. The van der Waals surface area contributed by atoms with Gasteiger partial charge >= 0.3 is 0 Å². The summed E-state index contributed by atoms with van der Waals surface area (Å²) in [6, 6.07) is 13.0. The van der Waals surface area contributed by atoms with Gasteiger partial charge in [-0.15, -0.1) is 0 Å². The van der Waals surface area contributed by atoms with Gasteiger partial charge in [0.2, 0.25) is 0 Å². The molecular formula is C17H19FN2O. The highest BCUT2D eigenvalue weighted by Crippen LogP contribution is 2.25. The van der Waals surface area contributed by atoms with Crippen molar-refractivity contribution >= 4 is 11.6 Å². The fraction of sp³-hybridized carbons (Fsp3) is 0.235. The molecule has 0 saturated carbocycles. The second-order valence-electron chi connectivity index (χ2n) is 5.01. The number of nitrogens with zero attached hydrogens (tertiary/aromatic N) is 1. The van der Waals surface area contributed by atoms with E-state index in [0.29, 0.717) is 11.3 Å². The van der Waals surface area contributed by atoms with Crippen molar-refractivity contribution < 1.29 is 9.18 Å². The Morgan fingerprint density at radius 3 is 2.24 bits per heavy atom. The van der Waals surface area contributed by atoms with Crippen LogP contribution in [0.5, 0.6) is 0 Å². The van der Waals surface area contributed by atoms with Crippen LogP contribution in [0.3, 0.4) is 0 Å². The molecule has 2 aromatic rings. The molecule has 2 N–H and O–H groups in total. The summed E-state index contributed by atoms with van der Waals surface area (Å²) in [5, 5.41) is 0. The third kappa shape index (κ3) is 3.40. The van der Waals surface area contributed by atoms with Gasteiger partial charge < -0.3 is 10.6 Å². The fourth-order valence-corrected chi connectivity index (χ4v) is 2.39. The first-order chi connectivity index (χ1) is 10.0. The van der Waals surface area contributed by atoms with E-state index in [9.17, 15) is 9.18 Å². The lowest BCUT2D eigenvalue weighted by Crippen LogP contribution is -2.31. The predicted molar refractivity (Wildman–Crippen MR) is 82.4 cm³/mol. The average Bonchev–Trinajstić information content (AvgIpc) is 2.50. The molecular weight excluding hydrogens is 267 g/mol. The number of rotatable bonds is 4. The van der Waals surface area contributed by atoms with Gasteiger partial charge in [0, 0.05) is 18.3 Å². The number of amides is 1. The maximum Gasteiger partial charge on any atom is 0.254 e. The third-order valence-corrected chi connectivity index (χ3v) is 3.59. The second-order valence-corrected chi connectivity index (χ2v) is 5.01. The molecule has 0 aliphatic carbocycles. The van der Waals surface area contributed by atoms with Gasteiger partial charge in [-0.05, 0) is 48.4 Å². The van der Waals surface area contributed by atoms with Crippen molar-refractivity contribution in [1.82, 2.24) is 4.90 Å². The maximum atomic E-state index is 13.0. The number of nitrogens with two attached hydrogens (primary N) is 1. The summed E-state index contributed by atoms with van der Waals surface area (Å²) in [7, 11) is 1.76. The molecule has 3 nitrogen and oxygen atoms in total. The summed E-state index contributed by atoms with van der Waals surface area (Å²) < 4.78 is 13.0. The van der Waals surface area contributed by atoms with Crippen LogP contribution in [0.25, 0.3) is 0 Å². The van der Waals surface area contributed by atoms with Crippen molar-refractivity contribution in [2.24, 2.45) is 0 Å². The van der Waals surface area contributed by atoms with E-state index < -0.39 is 0 Å². The van der Waals surface area contributed by atoms with Crippen LogP contribution in [0.2, 0.25) is 0 Å². The fourth-order valence-electron chi connectivity index (χ4n) is 2.39. The van der Waals surface area contributed by atoms with Gasteiger partial charge in [-0.3, -0.25) is 4.79 Å². The molecule has 1 amide bonds. The minimum Gasteiger partial charge on any atom is -0.399 e. The van der Waals surface area contributed by atoms with Crippen LogP contribution < -0.4 is 5.73 Å². The molecule has 21 heavy (non-hydrogen) atoms. The number of carbonyl (C=O) groups excluding carboxylic acids is 1. The Hall–Kier alpha value is -2.36. The van der Waals surface area contributed by atoms with E-state index in [1.165, 1.54) is 12.1 Å². The monoisotopic (exact) mass is 286 g/mol. The molecule has 2 aromatic carbocycles. The minimum atomic E-state index is -0.277. The molecule has 0 saturated heterocycles. The number of anilines is 1. The van der Waals surface area contributed by atoms with Crippen LogP contribution in [0, 0.1) is 5.82 Å². The first-order valence-electron chi connectivity index (χ1n) is 6.91. The first kappa shape index (κ1) is 15.0. The molecule has 0 unspecified atom stereocenters. The molecule has 1 atom stereocenters. The summed E-state index contributed by atoms with van der Waals surface area (Å²) >= 11 is 0. The Balaban J connectivity index is 2.23. The van der Waals surface area contributed by atoms with Crippen molar-refractivity contribution in [3.63, 3.8) is 0 Å². The Bertz CT molecular complexity index is 608. The van der Waals surface area contributed by atoms with E-state index in [0.717, 1.165) is 12.0 Å². The van der Waals surface area contributed by atoms with Crippen molar-refractivity contribution in [3.05, 3.63) is 65.5 Å². The summed E-state index contributed by atoms with van der Waals surface area (Å²) in [4.78, 5) is 14.2. The molecule has 0 fully saturated rings. The zero-order chi connectivity index (χ0) is 15.4. The second kappa shape index (κ2) is 6.39. The van der Waals surface area contributed by atoms with E-state index >= 15 is 0 Å². The molecule has 0 aliphatic heterocycles. The smallest absolute Gasteiger partial charge is 0.254 e. The lowest BCUT2D eigenvalue weighted by atomic mass is 10.0. The van der Waals surface area contributed by atoms with Crippen LogP contribution in [0.1, 0.15) is 35.3 Å². The molecule has 0 radical (unpaired) electrons. The number of halogens is 1. The van der Waals surface area contributed by atoms with Crippen LogP contribution in [-0.2, 0) is 0 Å². The Labute approximate surface area is 124 Å². The van der Waals surface area contributed by atoms with Crippen molar-refractivity contribution in [1.29, 1.82) is 0 Å². The SMILES string of the molecule is CC[C@H](c1ccc(F)cc1)N(C)C(=O)c1ccc(N)cc1. The van der Waals surface area contributed by atoms with Crippen LogP contribution in [0.15, 0.2) is 48.5 Å². The Morgan fingerprint density at radius 1 is 1.14 bits per heavy atom. The highest BCUT2D eigenvalue weighted by Gasteiger charge is 2.21. The van der Waals surface area contributed by atoms with Crippen LogP contribution in [0.4, 0.5) is 10.1 Å². The lowest BCUT2D eigenvalue weighted by molar-refractivity contribution is 0.0726. The predicted octanol–water partition coefficient (Wildman–Crippen LogP) is 3.63. The Morgan fingerprint density at radius 2 is 1.71 bits per heavy atom. The van der Waals surface area contributed by atoms with Gasteiger partial charge in [-0.2, -0.15) is 0 Å². The Kier molecular flexibility index (Phi) is 4.58. The average molecular weight is 286 g/mol. The standard InChI is InChI=1S/C17H19FN2O/c1-3-16(12-4-8-14(18)9-5-12)20(2)17(21)13-6-10-15(19)11-7-13/h4-11,16H,3,19H2,1-2H3/t16-/m1/s1. The summed E-state index contributed by atoms with van der Waals surface area (Å²) in [6.07, 6.45) is 0.753. The quantitative estimate of drug-likeness (QED) is 0.872. The molecule has 110 valence electrons. The van der Waals surface area contributed by atoms with Crippen molar-refractivity contribution in [2.75, 3.05) is 12.8 Å². The highest BCUT2D eigenvalue weighted by molar-refractivity contribution is 5.94. The van der Waals surface area contributed by atoms with E-state index in [4.69, 9.17) is 5.73 Å². The zero-order valence-corrected chi connectivity index (χ0v) is 12.2. The van der Waals surface area contributed by atoms with E-state index in [-0.39, 0.29) is 17.8 Å². The summed E-state index contributed by atoms with van der Waals surface area (Å²) in [6.45, 7) is 2.00. The van der Waals surface area contributed by atoms with Gasteiger partial charge in [0.15, 0.2) is 0 Å². The number of nitrogen functional groups attached to an aromatic ring is 1. The molecule has 2 rings (SSSR count). The molecule has 0 heterocycles.